The molecule has 5 nitrogen and oxygen atoms in total. The lowest BCUT2D eigenvalue weighted by atomic mass is 9.76. The van der Waals surface area contributed by atoms with Gasteiger partial charge >= 0.3 is 5.97 Å². The van der Waals surface area contributed by atoms with Gasteiger partial charge in [0.15, 0.2) is 0 Å². The number of nitrogens with two attached hydrogens (primary N) is 1. The van der Waals surface area contributed by atoms with Crippen molar-refractivity contribution >= 4 is 11.9 Å². The topological polar surface area (TPSA) is 92.4 Å². The summed E-state index contributed by atoms with van der Waals surface area (Å²) in [6, 6.07) is 0. The van der Waals surface area contributed by atoms with E-state index in [1.165, 1.54) is 0 Å². The molecule has 0 saturated heterocycles. The second-order valence-electron chi connectivity index (χ2n) is 6.80. The predicted octanol–water partition coefficient (Wildman–Crippen LogP) is 2.19. The molecule has 2 saturated carbocycles. The Balaban J connectivity index is 2.14. The molecular formula is C16H28N2O3. The van der Waals surface area contributed by atoms with Crippen LogP contribution in [0, 0.1) is 5.41 Å². The van der Waals surface area contributed by atoms with E-state index in [0.29, 0.717) is 19.4 Å². The predicted molar refractivity (Wildman–Crippen MR) is 80.8 cm³/mol. The molecular weight excluding hydrogens is 268 g/mol. The molecule has 2 fully saturated rings. The minimum absolute atomic E-state index is 0.129. The summed E-state index contributed by atoms with van der Waals surface area (Å²) in [5, 5.41) is 12.5. The Morgan fingerprint density at radius 2 is 1.38 bits per heavy atom. The van der Waals surface area contributed by atoms with Crippen molar-refractivity contribution in [1.82, 2.24) is 5.32 Å². The molecule has 1 amide bonds. The minimum Gasteiger partial charge on any atom is -0.480 e. The normalized spacial score (nSPS) is 24.8. The summed E-state index contributed by atoms with van der Waals surface area (Å²) >= 11 is 0. The monoisotopic (exact) mass is 296 g/mol. The van der Waals surface area contributed by atoms with E-state index in [-0.39, 0.29) is 5.91 Å². The van der Waals surface area contributed by atoms with Gasteiger partial charge in [0.1, 0.15) is 5.54 Å². The van der Waals surface area contributed by atoms with Gasteiger partial charge in [-0.3, -0.25) is 4.79 Å². The van der Waals surface area contributed by atoms with Crippen LogP contribution < -0.4 is 11.1 Å². The van der Waals surface area contributed by atoms with Crippen LogP contribution in [0.2, 0.25) is 0 Å². The molecule has 2 rings (SSSR count). The minimum atomic E-state index is -1.07. The van der Waals surface area contributed by atoms with Gasteiger partial charge in [-0.05, 0) is 25.7 Å². The van der Waals surface area contributed by atoms with Gasteiger partial charge in [-0.1, -0.05) is 44.9 Å². The molecule has 21 heavy (non-hydrogen) atoms. The summed E-state index contributed by atoms with van der Waals surface area (Å²) in [6.07, 6.45) is 9.70. The fourth-order valence-electron chi connectivity index (χ4n) is 3.83. The number of hydrogen-bond donors (Lipinski definition) is 3. The van der Waals surface area contributed by atoms with Crippen LogP contribution in [0.25, 0.3) is 0 Å². The first-order valence-corrected chi connectivity index (χ1v) is 8.31. The number of carbonyl (C=O) groups is 2. The summed E-state index contributed by atoms with van der Waals surface area (Å²) in [6.45, 7) is 0.314. The van der Waals surface area contributed by atoms with Crippen LogP contribution in [-0.2, 0) is 9.59 Å². The highest BCUT2D eigenvalue weighted by Crippen LogP contribution is 2.36. The summed E-state index contributed by atoms with van der Waals surface area (Å²) in [4.78, 5) is 24.5. The largest absolute Gasteiger partial charge is 0.480 e. The fourth-order valence-corrected chi connectivity index (χ4v) is 3.83. The number of rotatable bonds is 4. The van der Waals surface area contributed by atoms with Crippen molar-refractivity contribution in [3.63, 3.8) is 0 Å². The van der Waals surface area contributed by atoms with E-state index in [4.69, 9.17) is 5.73 Å². The molecule has 0 spiro atoms. The van der Waals surface area contributed by atoms with Crippen LogP contribution >= 0.6 is 0 Å². The zero-order chi connectivity index (χ0) is 15.3. The number of carboxylic acids is 1. The fraction of sp³-hybridized carbons (Fsp3) is 0.875. The molecule has 0 unspecified atom stereocenters. The molecule has 2 aliphatic carbocycles. The molecule has 2 aliphatic rings. The van der Waals surface area contributed by atoms with Gasteiger partial charge in [0.05, 0.1) is 5.41 Å². The average molecular weight is 296 g/mol. The molecule has 0 aromatic heterocycles. The van der Waals surface area contributed by atoms with Crippen LogP contribution in [0.5, 0.6) is 0 Å². The Morgan fingerprint density at radius 1 is 0.905 bits per heavy atom. The lowest BCUT2D eigenvalue weighted by Crippen LogP contribution is -2.60. The highest BCUT2D eigenvalue weighted by Gasteiger charge is 2.46. The highest BCUT2D eigenvalue weighted by molar-refractivity contribution is 5.90. The van der Waals surface area contributed by atoms with Gasteiger partial charge in [-0.15, -0.1) is 0 Å². The molecule has 4 N–H and O–H groups in total. The van der Waals surface area contributed by atoms with Crippen molar-refractivity contribution < 1.29 is 14.7 Å². The van der Waals surface area contributed by atoms with Crippen LogP contribution in [0.3, 0.4) is 0 Å². The van der Waals surface area contributed by atoms with Gasteiger partial charge in [-0.25, -0.2) is 4.79 Å². The van der Waals surface area contributed by atoms with Crippen LogP contribution in [0.4, 0.5) is 0 Å². The van der Waals surface area contributed by atoms with E-state index >= 15 is 0 Å². The Morgan fingerprint density at radius 3 is 1.86 bits per heavy atom. The lowest BCUT2D eigenvalue weighted by molar-refractivity contribution is -0.151. The smallest absolute Gasteiger partial charge is 0.329 e. The molecule has 0 aliphatic heterocycles. The number of amides is 1. The maximum Gasteiger partial charge on any atom is 0.329 e. The van der Waals surface area contributed by atoms with Gasteiger partial charge in [0, 0.05) is 6.54 Å². The first-order chi connectivity index (χ1) is 10.0. The third-order valence-electron chi connectivity index (χ3n) is 5.40. The summed E-state index contributed by atoms with van der Waals surface area (Å²) in [5.74, 6) is -1.02. The van der Waals surface area contributed by atoms with Crippen LogP contribution in [0.1, 0.15) is 70.6 Å². The summed E-state index contributed by atoms with van der Waals surface area (Å²) in [5.41, 5.74) is 4.30. The first-order valence-electron chi connectivity index (χ1n) is 8.31. The lowest BCUT2D eigenvalue weighted by Gasteiger charge is -2.38. The Hall–Kier alpha value is -1.10. The van der Waals surface area contributed by atoms with E-state index < -0.39 is 16.9 Å². The zero-order valence-corrected chi connectivity index (χ0v) is 12.8. The molecule has 0 heterocycles. The van der Waals surface area contributed by atoms with E-state index in [1.54, 1.807) is 0 Å². The quantitative estimate of drug-likeness (QED) is 0.693. The number of carboxylic acid groups (broad SMARTS) is 1. The second kappa shape index (κ2) is 6.77. The number of hydrogen-bond acceptors (Lipinski definition) is 3. The SMILES string of the molecule is NCC1(C(=O)NC2(C(=O)O)CCCCC2)CCCCCC1. The van der Waals surface area contributed by atoms with Crippen molar-refractivity contribution in [2.75, 3.05) is 6.54 Å². The van der Waals surface area contributed by atoms with Crippen molar-refractivity contribution in [2.24, 2.45) is 11.1 Å². The van der Waals surface area contributed by atoms with Crippen molar-refractivity contribution in [3.05, 3.63) is 0 Å². The molecule has 120 valence electrons. The number of carbonyl (C=O) groups excluding carboxylic acids is 1. The number of aliphatic carboxylic acids is 1. The molecule has 5 heteroatoms. The molecule has 0 bridgehead atoms. The van der Waals surface area contributed by atoms with E-state index in [2.05, 4.69) is 5.32 Å². The third-order valence-corrected chi connectivity index (χ3v) is 5.40. The Bertz CT molecular complexity index is 381. The third kappa shape index (κ3) is 3.39. The maximum absolute atomic E-state index is 12.8. The van der Waals surface area contributed by atoms with E-state index in [9.17, 15) is 14.7 Å². The summed E-state index contributed by atoms with van der Waals surface area (Å²) < 4.78 is 0. The van der Waals surface area contributed by atoms with Crippen molar-refractivity contribution in [1.29, 1.82) is 0 Å². The van der Waals surface area contributed by atoms with Crippen molar-refractivity contribution in [3.8, 4) is 0 Å². The second-order valence-corrected chi connectivity index (χ2v) is 6.80. The molecule has 0 atom stereocenters. The summed E-state index contributed by atoms with van der Waals surface area (Å²) in [7, 11) is 0. The Labute approximate surface area is 126 Å². The maximum atomic E-state index is 12.8. The van der Waals surface area contributed by atoms with E-state index in [1.807, 2.05) is 0 Å². The van der Waals surface area contributed by atoms with Gasteiger partial charge in [0.25, 0.3) is 0 Å². The standard InChI is InChI=1S/C16H28N2O3/c17-12-15(8-4-1-2-5-9-15)13(19)18-16(14(20)21)10-6-3-7-11-16/h1-12,17H2,(H,18,19)(H,20,21). The average Bonchev–Trinajstić information content (AvgIpc) is 2.74. The van der Waals surface area contributed by atoms with Gasteiger partial charge < -0.3 is 16.2 Å². The zero-order valence-electron chi connectivity index (χ0n) is 12.8. The highest BCUT2D eigenvalue weighted by atomic mass is 16.4. The van der Waals surface area contributed by atoms with Gasteiger partial charge in [0.2, 0.25) is 5.91 Å². The van der Waals surface area contributed by atoms with Gasteiger partial charge in [-0.2, -0.15) is 0 Å². The molecule has 0 aromatic carbocycles. The first kappa shape index (κ1) is 16.3. The Kier molecular flexibility index (Phi) is 5.25. The van der Waals surface area contributed by atoms with Crippen LogP contribution in [0.15, 0.2) is 0 Å². The van der Waals surface area contributed by atoms with Crippen LogP contribution in [-0.4, -0.2) is 29.1 Å². The van der Waals surface area contributed by atoms with E-state index in [0.717, 1.165) is 57.8 Å². The van der Waals surface area contributed by atoms with Crippen molar-refractivity contribution in [2.45, 2.75) is 76.2 Å². The molecule has 0 aromatic rings. The number of nitrogens with one attached hydrogen (secondary N) is 1. The molecule has 0 radical (unpaired) electrons.